The molecule has 4 nitrogen and oxygen atoms in total. The molecule has 1 atom stereocenters. The molecule has 2 rings (SSSR count). The van der Waals surface area contributed by atoms with Gasteiger partial charge in [0, 0.05) is 11.1 Å². The van der Waals surface area contributed by atoms with E-state index < -0.39 is 6.10 Å². The summed E-state index contributed by atoms with van der Waals surface area (Å²) in [5.74, 6) is 2.73. The summed E-state index contributed by atoms with van der Waals surface area (Å²) in [5.41, 5.74) is 2.40. The lowest BCUT2D eigenvalue weighted by Crippen LogP contribution is -2.05. The van der Waals surface area contributed by atoms with E-state index in [4.69, 9.17) is 13.9 Å². The number of halogens is 1. The summed E-state index contributed by atoms with van der Waals surface area (Å²) in [7, 11) is 3.15. The first-order valence-corrected chi connectivity index (χ1v) is 7.36. The van der Waals surface area contributed by atoms with Crippen LogP contribution in [0.2, 0.25) is 0 Å². The van der Waals surface area contributed by atoms with Gasteiger partial charge in [0.15, 0.2) is 0 Å². The van der Waals surface area contributed by atoms with Gasteiger partial charge >= 0.3 is 0 Å². The molecular weight excluding hydrogens is 336 g/mol. The van der Waals surface area contributed by atoms with Crippen LogP contribution in [0.3, 0.4) is 0 Å². The van der Waals surface area contributed by atoms with Crippen molar-refractivity contribution in [2.24, 2.45) is 0 Å². The minimum Gasteiger partial charge on any atom is -0.495 e. The van der Waals surface area contributed by atoms with E-state index in [-0.39, 0.29) is 0 Å². The summed E-state index contributed by atoms with van der Waals surface area (Å²) >= 11 is 3.45. The molecule has 0 aliphatic heterocycles. The van der Waals surface area contributed by atoms with Gasteiger partial charge in [0.2, 0.25) is 0 Å². The van der Waals surface area contributed by atoms with E-state index in [1.165, 1.54) is 0 Å². The van der Waals surface area contributed by atoms with Crippen molar-refractivity contribution in [3.63, 3.8) is 0 Å². The van der Waals surface area contributed by atoms with Gasteiger partial charge in [-0.15, -0.1) is 0 Å². The highest BCUT2D eigenvalue weighted by molar-refractivity contribution is 9.10. The van der Waals surface area contributed by atoms with E-state index in [1.807, 2.05) is 20.8 Å². The standard InChI is InChI=1S/C16H19BrO4/c1-8-9(2)21-10(3)13(8)15(18)11-6-7-12(19-4)14(17)16(11)20-5/h6-7,15,18H,1-5H3. The molecule has 5 heteroatoms. The van der Waals surface area contributed by atoms with Gasteiger partial charge in [0.1, 0.15) is 33.6 Å². The van der Waals surface area contributed by atoms with Crippen LogP contribution in [0.1, 0.15) is 34.3 Å². The molecule has 0 saturated carbocycles. The molecule has 0 amide bonds. The lowest BCUT2D eigenvalue weighted by molar-refractivity contribution is 0.211. The molecule has 0 aliphatic rings. The van der Waals surface area contributed by atoms with Gasteiger partial charge < -0.3 is 19.0 Å². The molecule has 1 heterocycles. The number of aliphatic hydroxyl groups excluding tert-OH is 1. The van der Waals surface area contributed by atoms with Crippen molar-refractivity contribution in [2.75, 3.05) is 14.2 Å². The van der Waals surface area contributed by atoms with Crippen LogP contribution in [0.25, 0.3) is 0 Å². The zero-order valence-electron chi connectivity index (χ0n) is 12.8. The smallest absolute Gasteiger partial charge is 0.142 e. The van der Waals surface area contributed by atoms with E-state index in [9.17, 15) is 5.11 Å². The summed E-state index contributed by atoms with van der Waals surface area (Å²) in [6.45, 7) is 5.68. The van der Waals surface area contributed by atoms with Crippen molar-refractivity contribution < 1.29 is 19.0 Å². The summed E-state index contributed by atoms with van der Waals surface area (Å²) in [4.78, 5) is 0. The van der Waals surface area contributed by atoms with E-state index in [2.05, 4.69) is 15.9 Å². The Hall–Kier alpha value is -1.46. The van der Waals surface area contributed by atoms with Crippen LogP contribution in [-0.2, 0) is 0 Å². The van der Waals surface area contributed by atoms with E-state index in [0.29, 0.717) is 27.3 Å². The number of aliphatic hydroxyl groups is 1. The van der Waals surface area contributed by atoms with Crippen LogP contribution in [0.4, 0.5) is 0 Å². The Labute approximate surface area is 132 Å². The average molecular weight is 355 g/mol. The summed E-state index contributed by atoms with van der Waals surface area (Å²) in [5, 5.41) is 10.8. The molecule has 0 spiro atoms. The molecule has 1 N–H and O–H groups in total. The molecule has 0 bridgehead atoms. The molecule has 0 radical (unpaired) electrons. The second-order valence-corrected chi connectivity index (χ2v) is 5.65. The van der Waals surface area contributed by atoms with Crippen LogP contribution in [0.15, 0.2) is 21.0 Å². The first kappa shape index (κ1) is 15.9. The molecule has 2 aromatic rings. The SMILES string of the molecule is COc1ccc(C(O)c2c(C)oc(C)c2C)c(OC)c1Br. The highest BCUT2D eigenvalue weighted by atomic mass is 79.9. The third-order valence-electron chi connectivity index (χ3n) is 3.70. The number of hydrogen-bond donors (Lipinski definition) is 1. The van der Waals surface area contributed by atoms with Crippen molar-refractivity contribution in [1.29, 1.82) is 0 Å². The van der Waals surface area contributed by atoms with Gasteiger partial charge in [-0.3, -0.25) is 0 Å². The fraction of sp³-hybridized carbons (Fsp3) is 0.375. The Morgan fingerprint density at radius 2 is 1.76 bits per heavy atom. The van der Waals surface area contributed by atoms with Gasteiger partial charge in [-0.25, -0.2) is 0 Å². The maximum Gasteiger partial charge on any atom is 0.142 e. The monoisotopic (exact) mass is 354 g/mol. The lowest BCUT2D eigenvalue weighted by Gasteiger charge is -2.18. The number of furan rings is 1. The van der Waals surface area contributed by atoms with Crippen molar-refractivity contribution in [2.45, 2.75) is 26.9 Å². The number of hydrogen-bond acceptors (Lipinski definition) is 4. The highest BCUT2D eigenvalue weighted by Crippen LogP contribution is 2.42. The Kier molecular flexibility index (Phi) is 4.64. The largest absolute Gasteiger partial charge is 0.495 e. The predicted molar refractivity (Wildman–Crippen MR) is 84.2 cm³/mol. The number of methoxy groups -OCH3 is 2. The normalized spacial score (nSPS) is 12.3. The molecule has 0 saturated heterocycles. The first-order valence-electron chi connectivity index (χ1n) is 6.57. The quantitative estimate of drug-likeness (QED) is 0.899. The average Bonchev–Trinajstić information content (AvgIpc) is 2.71. The van der Waals surface area contributed by atoms with E-state index in [1.54, 1.807) is 26.4 Å². The fourth-order valence-electron chi connectivity index (χ4n) is 2.50. The molecule has 114 valence electrons. The molecule has 0 fully saturated rings. The minimum absolute atomic E-state index is 0.555. The van der Waals surface area contributed by atoms with Crippen LogP contribution < -0.4 is 9.47 Å². The Morgan fingerprint density at radius 1 is 1.10 bits per heavy atom. The summed E-state index contributed by atoms with van der Waals surface area (Å²) in [6.07, 6.45) is -0.820. The lowest BCUT2D eigenvalue weighted by atomic mass is 9.97. The fourth-order valence-corrected chi connectivity index (χ4v) is 3.19. The topological polar surface area (TPSA) is 51.8 Å². The van der Waals surface area contributed by atoms with Crippen molar-refractivity contribution in [3.8, 4) is 11.5 Å². The third kappa shape index (κ3) is 2.68. The van der Waals surface area contributed by atoms with E-state index in [0.717, 1.165) is 16.9 Å². The zero-order valence-corrected chi connectivity index (χ0v) is 14.4. The van der Waals surface area contributed by atoms with Gasteiger partial charge in [-0.05, 0) is 54.4 Å². The number of aryl methyl sites for hydroxylation is 2. The van der Waals surface area contributed by atoms with Gasteiger partial charge in [-0.2, -0.15) is 0 Å². The second-order valence-electron chi connectivity index (χ2n) is 4.86. The zero-order chi connectivity index (χ0) is 15.7. The Balaban J connectivity index is 2.58. The van der Waals surface area contributed by atoms with Crippen LogP contribution in [0, 0.1) is 20.8 Å². The summed E-state index contributed by atoms with van der Waals surface area (Å²) < 4.78 is 17.0. The van der Waals surface area contributed by atoms with Gasteiger partial charge in [-0.1, -0.05) is 0 Å². The van der Waals surface area contributed by atoms with Crippen LogP contribution in [-0.4, -0.2) is 19.3 Å². The Morgan fingerprint density at radius 3 is 2.24 bits per heavy atom. The molecule has 0 aliphatic carbocycles. The predicted octanol–water partition coefficient (Wildman–Crippen LogP) is 4.07. The van der Waals surface area contributed by atoms with Gasteiger partial charge in [0.25, 0.3) is 0 Å². The highest BCUT2D eigenvalue weighted by Gasteiger charge is 2.25. The van der Waals surface area contributed by atoms with Crippen LogP contribution >= 0.6 is 15.9 Å². The van der Waals surface area contributed by atoms with Crippen molar-refractivity contribution >= 4 is 15.9 Å². The molecule has 1 unspecified atom stereocenters. The molecular formula is C16H19BrO4. The third-order valence-corrected chi connectivity index (χ3v) is 4.45. The first-order chi connectivity index (χ1) is 9.92. The minimum atomic E-state index is -0.820. The summed E-state index contributed by atoms with van der Waals surface area (Å²) in [6, 6.07) is 3.59. The maximum atomic E-state index is 10.8. The van der Waals surface area contributed by atoms with Crippen molar-refractivity contribution in [3.05, 3.63) is 44.8 Å². The van der Waals surface area contributed by atoms with Gasteiger partial charge in [0.05, 0.1) is 14.2 Å². The number of ether oxygens (including phenoxy) is 2. The molecule has 1 aromatic heterocycles. The van der Waals surface area contributed by atoms with E-state index >= 15 is 0 Å². The molecule has 21 heavy (non-hydrogen) atoms. The molecule has 1 aromatic carbocycles. The Bertz CT molecular complexity index is 661. The maximum absolute atomic E-state index is 10.8. The number of rotatable bonds is 4. The van der Waals surface area contributed by atoms with Crippen molar-refractivity contribution in [1.82, 2.24) is 0 Å². The second kappa shape index (κ2) is 6.12. The number of benzene rings is 1. The van der Waals surface area contributed by atoms with Crippen LogP contribution in [0.5, 0.6) is 11.5 Å².